The summed E-state index contributed by atoms with van der Waals surface area (Å²) in [6, 6.07) is 8.31. The Kier molecular flexibility index (Phi) is 4.86. The summed E-state index contributed by atoms with van der Waals surface area (Å²) in [5.74, 6) is 0.542. The third-order valence-corrected chi connectivity index (χ3v) is 6.56. The third-order valence-electron chi connectivity index (χ3n) is 4.87. The number of nitrogens with zero attached hydrogens (tertiary/aromatic N) is 3. The highest BCUT2D eigenvalue weighted by molar-refractivity contribution is 7.90. The van der Waals surface area contributed by atoms with Gasteiger partial charge in [-0.3, -0.25) is 4.98 Å². The molecule has 8 nitrogen and oxygen atoms in total. The Bertz CT molecular complexity index is 1100. The van der Waals surface area contributed by atoms with Gasteiger partial charge in [-0.15, -0.1) is 0 Å². The summed E-state index contributed by atoms with van der Waals surface area (Å²) in [6.45, 7) is 3.27. The number of para-hydroxylation sites is 1. The van der Waals surface area contributed by atoms with Gasteiger partial charge in [0.25, 0.3) is 10.0 Å². The molecule has 0 saturated carbocycles. The lowest BCUT2D eigenvalue weighted by atomic mass is 10.3. The van der Waals surface area contributed by atoms with E-state index in [1.807, 2.05) is 0 Å². The molecule has 9 heteroatoms. The van der Waals surface area contributed by atoms with Crippen molar-refractivity contribution in [3.05, 3.63) is 42.7 Å². The highest BCUT2D eigenvalue weighted by atomic mass is 32.2. The molecule has 0 aliphatic carbocycles. The number of benzene rings is 1. The maximum Gasteiger partial charge on any atom is 0.272 e. The molecule has 1 fully saturated rings. The summed E-state index contributed by atoms with van der Waals surface area (Å²) in [5.41, 5.74) is 2.00. The Morgan fingerprint density at radius 3 is 2.57 bits per heavy atom. The zero-order valence-corrected chi connectivity index (χ0v) is 16.6. The molecule has 0 unspecified atom stereocenters. The Morgan fingerprint density at radius 1 is 1.07 bits per heavy atom. The minimum Gasteiger partial charge on any atom is -0.493 e. The highest BCUT2D eigenvalue weighted by Crippen LogP contribution is 2.37. The normalized spacial score (nSPS) is 15.0. The average Bonchev–Trinajstić information content (AvgIpc) is 3.14. The van der Waals surface area contributed by atoms with Gasteiger partial charge in [-0.1, -0.05) is 6.07 Å². The van der Waals surface area contributed by atoms with Crippen LogP contribution in [0.5, 0.6) is 11.5 Å². The van der Waals surface area contributed by atoms with Gasteiger partial charge in [0.15, 0.2) is 11.5 Å². The fourth-order valence-corrected chi connectivity index (χ4v) is 5.04. The van der Waals surface area contributed by atoms with Crippen LogP contribution in [0.2, 0.25) is 0 Å². The Morgan fingerprint density at radius 2 is 1.86 bits per heavy atom. The number of methoxy groups -OCH3 is 2. The first-order valence-corrected chi connectivity index (χ1v) is 10.4. The van der Waals surface area contributed by atoms with Gasteiger partial charge in [-0.25, -0.2) is 12.4 Å². The second kappa shape index (κ2) is 7.33. The molecule has 3 heterocycles. The molecule has 1 N–H and O–H groups in total. The first-order valence-electron chi connectivity index (χ1n) is 8.96. The van der Waals surface area contributed by atoms with Gasteiger partial charge in [-0.05, 0) is 24.3 Å². The number of hydrogen-bond acceptors (Lipinski definition) is 7. The van der Waals surface area contributed by atoms with E-state index in [0.717, 1.165) is 31.9 Å². The van der Waals surface area contributed by atoms with Crippen molar-refractivity contribution < 1.29 is 17.9 Å². The summed E-state index contributed by atoms with van der Waals surface area (Å²) in [4.78, 5) is 6.65. The van der Waals surface area contributed by atoms with E-state index in [9.17, 15) is 8.42 Å². The molecule has 1 aliphatic rings. The van der Waals surface area contributed by atoms with E-state index in [2.05, 4.69) is 15.2 Å². The number of aromatic nitrogens is 2. The van der Waals surface area contributed by atoms with Crippen molar-refractivity contribution in [3.8, 4) is 11.5 Å². The number of rotatable bonds is 5. The summed E-state index contributed by atoms with van der Waals surface area (Å²) >= 11 is 0. The summed E-state index contributed by atoms with van der Waals surface area (Å²) in [7, 11) is -1.02. The molecule has 0 radical (unpaired) electrons. The molecule has 0 spiro atoms. The molecule has 1 aliphatic heterocycles. The number of hydrogen-bond donors (Lipinski definition) is 1. The zero-order valence-electron chi connectivity index (χ0n) is 15.8. The molecule has 1 aromatic carbocycles. The third kappa shape index (κ3) is 2.96. The van der Waals surface area contributed by atoms with Gasteiger partial charge in [0.05, 0.1) is 25.4 Å². The van der Waals surface area contributed by atoms with E-state index < -0.39 is 10.0 Å². The van der Waals surface area contributed by atoms with Crippen molar-refractivity contribution in [2.75, 3.05) is 45.3 Å². The minimum atomic E-state index is -3.93. The van der Waals surface area contributed by atoms with Crippen LogP contribution in [0.25, 0.3) is 11.0 Å². The predicted molar refractivity (Wildman–Crippen MR) is 107 cm³/mol. The highest BCUT2D eigenvalue weighted by Gasteiger charge is 2.28. The van der Waals surface area contributed by atoms with Crippen molar-refractivity contribution in [2.45, 2.75) is 4.90 Å². The SMILES string of the molecule is COc1cccc(S(=O)(=O)n2cc(N3CCNCC3)c3ncccc32)c1OC. The second-order valence-corrected chi connectivity index (χ2v) is 8.20. The van der Waals surface area contributed by atoms with Crippen LogP contribution in [0.15, 0.2) is 47.6 Å². The first kappa shape index (κ1) is 18.6. The largest absolute Gasteiger partial charge is 0.493 e. The maximum absolute atomic E-state index is 13.6. The number of nitrogens with one attached hydrogen (secondary N) is 1. The van der Waals surface area contributed by atoms with E-state index in [1.165, 1.54) is 24.3 Å². The van der Waals surface area contributed by atoms with E-state index in [0.29, 0.717) is 16.8 Å². The number of fused-ring (bicyclic) bond motifs is 1. The lowest BCUT2D eigenvalue weighted by Crippen LogP contribution is -2.43. The summed E-state index contributed by atoms with van der Waals surface area (Å²) < 4.78 is 39.0. The van der Waals surface area contributed by atoms with Crippen LogP contribution in [-0.4, -0.2) is 57.8 Å². The van der Waals surface area contributed by atoms with Crippen LogP contribution >= 0.6 is 0 Å². The van der Waals surface area contributed by atoms with Crippen LogP contribution < -0.4 is 19.7 Å². The number of anilines is 1. The number of piperazine rings is 1. The number of ether oxygens (including phenoxy) is 2. The van der Waals surface area contributed by atoms with Crippen molar-refractivity contribution in [1.29, 1.82) is 0 Å². The zero-order chi connectivity index (χ0) is 19.7. The van der Waals surface area contributed by atoms with Gasteiger partial charge < -0.3 is 19.7 Å². The molecule has 0 atom stereocenters. The van der Waals surface area contributed by atoms with E-state index in [1.54, 1.807) is 36.7 Å². The molecule has 0 amide bonds. The van der Waals surface area contributed by atoms with Crippen LogP contribution in [0.4, 0.5) is 5.69 Å². The molecule has 0 bridgehead atoms. The second-order valence-electron chi connectivity index (χ2n) is 6.42. The summed E-state index contributed by atoms with van der Waals surface area (Å²) in [6.07, 6.45) is 3.33. The fraction of sp³-hybridized carbons (Fsp3) is 0.316. The lowest BCUT2D eigenvalue weighted by molar-refractivity contribution is 0.346. The van der Waals surface area contributed by atoms with E-state index >= 15 is 0 Å². The first-order chi connectivity index (χ1) is 13.6. The topological polar surface area (TPSA) is 85.7 Å². The summed E-state index contributed by atoms with van der Waals surface area (Å²) in [5, 5.41) is 3.31. The van der Waals surface area contributed by atoms with E-state index in [-0.39, 0.29) is 10.6 Å². The molecule has 2 aromatic heterocycles. The fourth-order valence-electron chi connectivity index (χ4n) is 3.52. The van der Waals surface area contributed by atoms with Crippen LogP contribution in [0.1, 0.15) is 0 Å². The monoisotopic (exact) mass is 402 g/mol. The van der Waals surface area contributed by atoms with Gasteiger partial charge in [0.2, 0.25) is 0 Å². The maximum atomic E-state index is 13.6. The molecular formula is C19H22N4O4S. The van der Waals surface area contributed by atoms with Crippen LogP contribution in [0, 0.1) is 0 Å². The average molecular weight is 402 g/mol. The predicted octanol–water partition coefficient (Wildman–Crippen LogP) is 1.70. The Labute approximate surface area is 163 Å². The Balaban J connectivity index is 1.92. The molecule has 148 valence electrons. The smallest absolute Gasteiger partial charge is 0.272 e. The molecule has 1 saturated heterocycles. The molecule has 4 rings (SSSR count). The minimum absolute atomic E-state index is 0.0435. The van der Waals surface area contributed by atoms with E-state index in [4.69, 9.17) is 9.47 Å². The quantitative estimate of drug-likeness (QED) is 0.695. The van der Waals surface area contributed by atoms with Crippen molar-refractivity contribution in [3.63, 3.8) is 0 Å². The van der Waals surface area contributed by atoms with Gasteiger partial charge in [0.1, 0.15) is 10.4 Å². The van der Waals surface area contributed by atoms with Crippen LogP contribution in [0.3, 0.4) is 0 Å². The standard InChI is InChI=1S/C19H22N4O4S/c1-26-16-6-3-7-17(19(16)27-2)28(24,25)23-13-15(22-11-9-20-10-12-22)18-14(23)5-4-8-21-18/h3-8,13,20H,9-12H2,1-2H3. The van der Waals surface area contributed by atoms with Gasteiger partial charge >= 0.3 is 0 Å². The Hall–Kier alpha value is -2.78. The number of pyridine rings is 1. The van der Waals surface area contributed by atoms with Crippen molar-refractivity contribution in [2.24, 2.45) is 0 Å². The van der Waals surface area contributed by atoms with Crippen LogP contribution in [-0.2, 0) is 10.0 Å². The van der Waals surface area contributed by atoms with Gasteiger partial charge in [0, 0.05) is 38.6 Å². The lowest BCUT2D eigenvalue weighted by Gasteiger charge is -2.28. The van der Waals surface area contributed by atoms with Gasteiger partial charge in [-0.2, -0.15) is 0 Å². The van der Waals surface area contributed by atoms with Crippen molar-refractivity contribution >= 4 is 26.7 Å². The molecule has 28 heavy (non-hydrogen) atoms. The molecular weight excluding hydrogens is 380 g/mol. The van der Waals surface area contributed by atoms with Crippen molar-refractivity contribution in [1.82, 2.24) is 14.3 Å². The molecule has 3 aromatic rings.